The first kappa shape index (κ1) is 17.2. The molecule has 0 saturated heterocycles. The van der Waals surface area contributed by atoms with Gasteiger partial charge in [0.25, 0.3) is 10.0 Å². The molecule has 3 rings (SSSR count). The molecule has 2 atom stereocenters. The first-order valence-corrected chi connectivity index (χ1v) is 9.44. The van der Waals surface area contributed by atoms with E-state index < -0.39 is 15.9 Å². The zero-order valence-electron chi connectivity index (χ0n) is 13.6. The molecule has 0 aliphatic heterocycles. The number of carbonyl (C=O) groups is 1. The molecule has 5 nitrogen and oxygen atoms in total. The molecule has 1 aliphatic rings. The molecule has 6 heteroatoms. The summed E-state index contributed by atoms with van der Waals surface area (Å²) in [5.41, 5.74) is 0.980. The highest BCUT2D eigenvalue weighted by Crippen LogP contribution is 2.39. The van der Waals surface area contributed by atoms with Gasteiger partial charge in [0.05, 0.1) is 4.90 Å². The molecule has 25 heavy (non-hydrogen) atoms. The Morgan fingerprint density at radius 1 is 1.20 bits per heavy atom. The van der Waals surface area contributed by atoms with Crippen LogP contribution < -0.4 is 9.46 Å². The summed E-state index contributed by atoms with van der Waals surface area (Å²) in [5, 5.41) is 0. The van der Waals surface area contributed by atoms with Gasteiger partial charge in [0, 0.05) is 12.0 Å². The first-order chi connectivity index (χ1) is 12.0. The molecule has 1 saturated carbocycles. The van der Waals surface area contributed by atoms with Crippen LogP contribution in [0, 0.1) is 11.8 Å². The van der Waals surface area contributed by atoms with Gasteiger partial charge in [0.15, 0.2) is 0 Å². The number of hydrogen-bond donors (Lipinski definition) is 1. The smallest absolute Gasteiger partial charge is 0.264 e. The molecule has 1 amide bonds. The summed E-state index contributed by atoms with van der Waals surface area (Å²) >= 11 is 0. The Kier molecular flexibility index (Phi) is 4.90. The third kappa shape index (κ3) is 4.28. The van der Waals surface area contributed by atoms with Gasteiger partial charge in [-0.2, -0.15) is 0 Å². The highest BCUT2D eigenvalue weighted by molar-refractivity contribution is 7.90. The summed E-state index contributed by atoms with van der Waals surface area (Å²) in [4.78, 5) is 12.0. The minimum atomic E-state index is -3.92. The van der Waals surface area contributed by atoms with Crippen LogP contribution in [0.25, 0.3) is 0 Å². The van der Waals surface area contributed by atoms with Crippen LogP contribution in [-0.4, -0.2) is 14.3 Å². The molecular formula is C19H19NO4S. The summed E-state index contributed by atoms with van der Waals surface area (Å²) in [7, 11) is -3.92. The average molecular weight is 357 g/mol. The second kappa shape index (κ2) is 7.11. The molecule has 0 aromatic heterocycles. The first-order valence-electron chi connectivity index (χ1n) is 7.95. The number of rotatable bonds is 7. The van der Waals surface area contributed by atoms with Crippen molar-refractivity contribution in [3.05, 3.63) is 72.8 Å². The lowest BCUT2D eigenvalue weighted by Gasteiger charge is -2.10. The molecule has 0 heterocycles. The van der Waals surface area contributed by atoms with Gasteiger partial charge in [-0.25, -0.2) is 13.1 Å². The molecule has 130 valence electrons. The SMILES string of the molecule is C=C[C@@H]1CC1C(=O)NS(=O)(=O)c1cccc(OCc2ccccc2)c1. The van der Waals surface area contributed by atoms with E-state index in [0.29, 0.717) is 18.8 Å². The van der Waals surface area contributed by atoms with Gasteiger partial charge in [0.2, 0.25) is 5.91 Å². The molecular weight excluding hydrogens is 338 g/mol. The third-order valence-corrected chi connectivity index (χ3v) is 5.42. The van der Waals surface area contributed by atoms with E-state index in [1.54, 1.807) is 18.2 Å². The average Bonchev–Trinajstić information content (AvgIpc) is 3.41. The molecule has 1 fully saturated rings. The summed E-state index contributed by atoms with van der Waals surface area (Å²) < 4.78 is 32.5. The van der Waals surface area contributed by atoms with E-state index >= 15 is 0 Å². The molecule has 0 spiro atoms. The molecule has 0 radical (unpaired) electrons. The van der Waals surface area contributed by atoms with Crippen LogP contribution in [0.2, 0.25) is 0 Å². The second-order valence-electron chi connectivity index (χ2n) is 5.96. The highest BCUT2D eigenvalue weighted by atomic mass is 32.2. The van der Waals surface area contributed by atoms with E-state index in [-0.39, 0.29) is 16.7 Å². The van der Waals surface area contributed by atoms with Gasteiger partial charge in [-0.05, 0) is 30.0 Å². The minimum absolute atomic E-state index is 0.00205. The van der Waals surface area contributed by atoms with E-state index in [9.17, 15) is 13.2 Å². The van der Waals surface area contributed by atoms with E-state index in [4.69, 9.17) is 4.74 Å². The van der Waals surface area contributed by atoms with Gasteiger partial charge in [-0.1, -0.05) is 42.5 Å². The van der Waals surface area contributed by atoms with E-state index in [0.717, 1.165) is 5.56 Å². The van der Waals surface area contributed by atoms with Crippen LogP contribution in [0.3, 0.4) is 0 Å². The van der Waals surface area contributed by atoms with Gasteiger partial charge >= 0.3 is 0 Å². The van der Waals surface area contributed by atoms with Gasteiger partial charge in [-0.3, -0.25) is 4.79 Å². The summed E-state index contributed by atoms with van der Waals surface area (Å²) in [6.07, 6.45) is 2.32. The monoisotopic (exact) mass is 357 g/mol. The lowest BCUT2D eigenvalue weighted by molar-refractivity contribution is -0.120. The normalized spacial score (nSPS) is 19.0. The Morgan fingerprint density at radius 2 is 1.96 bits per heavy atom. The van der Waals surface area contributed by atoms with Gasteiger partial charge in [-0.15, -0.1) is 6.58 Å². The van der Waals surface area contributed by atoms with Gasteiger partial charge < -0.3 is 4.74 Å². The number of ether oxygens (including phenoxy) is 1. The Balaban J connectivity index is 1.67. The van der Waals surface area contributed by atoms with Crippen LogP contribution >= 0.6 is 0 Å². The summed E-state index contributed by atoms with van der Waals surface area (Å²) in [6, 6.07) is 15.7. The van der Waals surface area contributed by atoms with Crippen molar-refractivity contribution >= 4 is 15.9 Å². The Morgan fingerprint density at radius 3 is 2.64 bits per heavy atom. The maximum absolute atomic E-state index is 12.4. The van der Waals surface area contributed by atoms with Crippen molar-refractivity contribution in [3.63, 3.8) is 0 Å². The number of benzene rings is 2. The number of carbonyl (C=O) groups excluding carboxylic acids is 1. The summed E-state index contributed by atoms with van der Waals surface area (Å²) in [6.45, 7) is 3.95. The third-order valence-electron chi connectivity index (χ3n) is 4.08. The molecule has 1 N–H and O–H groups in total. The van der Waals surface area contributed by atoms with Crippen LogP contribution in [-0.2, 0) is 21.4 Å². The van der Waals surface area contributed by atoms with Crippen molar-refractivity contribution in [2.24, 2.45) is 11.8 Å². The quantitative estimate of drug-likeness (QED) is 0.774. The van der Waals surface area contributed by atoms with Gasteiger partial charge in [0.1, 0.15) is 12.4 Å². The van der Waals surface area contributed by atoms with Crippen LogP contribution in [0.4, 0.5) is 0 Å². The molecule has 1 unspecified atom stereocenters. The lowest BCUT2D eigenvalue weighted by atomic mass is 10.2. The number of amides is 1. The number of hydrogen-bond acceptors (Lipinski definition) is 4. The largest absolute Gasteiger partial charge is 0.489 e. The minimum Gasteiger partial charge on any atom is -0.489 e. The standard InChI is InChI=1S/C19H19NO4S/c1-2-15-11-18(15)19(21)20-25(22,23)17-10-6-9-16(12-17)24-13-14-7-4-3-5-8-14/h2-10,12,15,18H,1,11,13H2,(H,20,21)/t15-,18?/m1/s1. The van der Waals surface area contributed by atoms with Crippen molar-refractivity contribution < 1.29 is 17.9 Å². The van der Waals surface area contributed by atoms with Crippen LogP contribution in [0.15, 0.2) is 72.1 Å². The second-order valence-corrected chi connectivity index (χ2v) is 7.64. The molecule has 0 bridgehead atoms. The summed E-state index contributed by atoms with van der Waals surface area (Å²) in [5.74, 6) is -0.296. The maximum atomic E-state index is 12.4. The number of nitrogens with one attached hydrogen (secondary N) is 1. The topological polar surface area (TPSA) is 72.5 Å². The zero-order chi connectivity index (χ0) is 17.9. The van der Waals surface area contributed by atoms with Crippen molar-refractivity contribution in [1.82, 2.24) is 4.72 Å². The van der Waals surface area contributed by atoms with Crippen LogP contribution in [0.1, 0.15) is 12.0 Å². The number of allylic oxidation sites excluding steroid dienone is 1. The molecule has 2 aromatic carbocycles. The number of sulfonamides is 1. The van der Waals surface area contributed by atoms with Crippen molar-refractivity contribution in [2.75, 3.05) is 0 Å². The lowest BCUT2D eigenvalue weighted by Crippen LogP contribution is -2.32. The molecule has 1 aliphatic carbocycles. The Labute approximate surface area is 147 Å². The van der Waals surface area contributed by atoms with E-state index in [2.05, 4.69) is 11.3 Å². The fraction of sp³-hybridized carbons (Fsp3) is 0.211. The van der Waals surface area contributed by atoms with Crippen molar-refractivity contribution in [1.29, 1.82) is 0 Å². The van der Waals surface area contributed by atoms with E-state index in [1.807, 2.05) is 30.3 Å². The fourth-order valence-corrected chi connectivity index (χ4v) is 3.58. The van der Waals surface area contributed by atoms with E-state index in [1.165, 1.54) is 12.1 Å². The van der Waals surface area contributed by atoms with Crippen molar-refractivity contribution in [2.45, 2.75) is 17.9 Å². The predicted octanol–water partition coefficient (Wildman–Crippen LogP) is 2.89. The maximum Gasteiger partial charge on any atom is 0.264 e. The van der Waals surface area contributed by atoms with Crippen LogP contribution in [0.5, 0.6) is 5.75 Å². The molecule has 2 aromatic rings. The van der Waals surface area contributed by atoms with Crippen molar-refractivity contribution in [3.8, 4) is 5.75 Å². The Bertz CT molecular complexity index is 877. The zero-order valence-corrected chi connectivity index (χ0v) is 14.4. The Hall–Kier alpha value is -2.60. The predicted molar refractivity (Wildman–Crippen MR) is 94.3 cm³/mol. The highest BCUT2D eigenvalue weighted by Gasteiger charge is 2.42. The fourth-order valence-electron chi connectivity index (χ4n) is 2.52.